The van der Waals surface area contributed by atoms with E-state index in [1.165, 1.54) is 16.7 Å². The molecule has 0 radical (unpaired) electrons. The molecule has 82 valence electrons. The molecule has 17 heavy (non-hydrogen) atoms. The second-order valence-electron chi connectivity index (χ2n) is 4.15. The highest BCUT2D eigenvalue weighted by atomic mass is 14.8. The molecule has 1 aromatic carbocycles. The van der Waals surface area contributed by atoms with Crippen molar-refractivity contribution < 1.29 is 0 Å². The summed E-state index contributed by atoms with van der Waals surface area (Å²) >= 11 is 0. The van der Waals surface area contributed by atoms with E-state index in [1.807, 2.05) is 24.4 Å². The Hall–Kier alpha value is -2.34. The molecule has 1 N–H and O–H groups in total. The first-order chi connectivity index (χ1) is 8.36. The molecule has 0 saturated carbocycles. The fourth-order valence-electron chi connectivity index (χ4n) is 2.27. The number of aryl methyl sites for hydroxylation is 1. The van der Waals surface area contributed by atoms with Crippen LogP contribution in [-0.2, 0) is 6.42 Å². The van der Waals surface area contributed by atoms with Gasteiger partial charge < -0.3 is 4.98 Å². The van der Waals surface area contributed by atoms with Gasteiger partial charge in [-0.05, 0) is 47.8 Å². The van der Waals surface area contributed by atoms with Crippen LogP contribution in [0, 0.1) is 11.3 Å². The van der Waals surface area contributed by atoms with Crippen molar-refractivity contribution in [1.29, 1.82) is 5.26 Å². The molecule has 0 bridgehead atoms. The highest BCUT2D eigenvalue weighted by Crippen LogP contribution is 2.33. The molecule has 0 saturated heterocycles. The molecule has 3 heteroatoms. The molecule has 0 atom stereocenters. The summed E-state index contributed by atoms with van der Waals surface area (Å²) in [7, 11) is 0. The Balaban J connectivity index is 2.03. The zero-order valence-corrected chi connectivity index (χ0v) is 9.27. The SMILES string of the molecule is N#Cc1ccc2c(c1)CC/C2=C\c1c[nH]cn1. The van der Waals surface area contributed by atoms with Crippen molar-refractivity contribution in [1.82, 2.24) is 9.97 Å². The summed E-state index contributed by atoms with van der Waals surface area (Å²) in [5, 5.41) is 8.86. The van der Waals surface area contributed by atoms with E-state index in [2.05, 4.69) is 22.1 Å². The summed E-state index contributed by atoms with van der Waals surface area (Å²) in [6.45, 7) is 0. The van der Waals surface area contributed by atoms with E-state index in [1.54, 1.807) is 6.33 Å². The minimum Gasteiger partial charge on any atom is -0.351 e. The van der Waals surface area contributed by atoms with Crippen LogP contribution < -0.4 is 0 Å². The monoisotopic (exact) mass is 221 g/mol. The molecule has 0 fully saturated rings. The first-order valence-corrected chi connectivity index (χ1v) is 5.59. The van der Waals surface area contributed by atoms with Crippen LogP contribution in [0.4, 0.5) is 0 Å². The molecule has 0 aliphatic heterocycles. The van der Waals surface area contributed by atoms with Gasteiger partial charge in [0.05, 0.1) is 23.7 Å². The molecule has 0 amide bonds. The summed E-state index contributed by atoms with van der Waals surface area (Å²) < 4.78 is 0. The van der Waals surface area contributed by atoms with Gasteiger partial charge in [-0.1, -0.05) is 6.07 Å². The molecule has 1 aliphatic carbocycles. The van der Waals surface area contributed by atoms with Crippen LogP contribution >= 0.6 is 0 Å². The van der Waals surface area contributed by atoms with Gasteiger partial charge in [0.25, 0.3) is 0 Å². The minimum absolute atomic E-state index is 0.741. The molecule has 2 aromatic rings. The predicted octanol–water partition coefficient (Wildman–Crippen LogP) is 2.77. The lowest BCUT2D eigenvalue weighted by atomic mass is 10.0. The Morgan fingerprint density at radius 2 is 2.29 bits per heavy atom. The first kappa shape index (κ1) is 9.86. The number of aromatic nitrogens is 2. The number of benzene rings is 1. The predicted molar refractivity (Wildman–Crippen MR) is 65.9 cm³/mol. The third kappa shape index (κ3) is 1.74. The molecule has 3 nitrogen and oxygen atoms in total. The Labute approximate surface area is 99.4 Å². The Morgan fingerprint density at radius 1 is 1.35 bits per heavy atom. The van der Waals surface area contributed by atoms with Gasteiger partial charge in [0.2, 0.25) is 0 Å². The van der Waals surface area contributed by atoms with Gasteiger partial charge in [0, 0.05) is 6.20 Å². The molecule has 1 heterocycles. The van der Waals surface area contributed by atoms with Crippen molar-refractivity contribution in [2.24, 2.45) is 0 Å². The number of imidazole rings is 1. The standard InChI is InChI=1S/C14H11N3/c15-7-10-1-4-14-11(5-10)2-3-12(14)6-13-8-16-9-17-13/h1,4-6,8-9H,2-3H2,(H,16,17)/b12-6+. The minimum atomic E-state index is 0.741. The summed E-state index contributed by atoms with van der Waals surface area (Å²) in [5.74, 6) is 0. The number of nitriles is 1. The highest BCUT2D eigenvalue weighted by molar-refractivity contribution is 5.84. The number of nitrogens with zero attached hydrogens (tertiary/aromatic N) is 2. The molecular formula is C14H11N3. The summed E-state index contributed by atoms with van der Waals surface area (Å²) in [6, 6.07) is 8.09. The van der Waals surface area contributed by atoms with Crippen LogP contribution in [0.2, 0.25) is 0 Å². The van der Waals surface area contributed by atoms with Gasteiger partial charge in [-0.15, -0.1) is 0 Å². The van der Waals surface area contributed by atoms with Crippen molar-refractivity contribution in [3.8, 4) is 6.07 Å². The molecule has 0 spiro atoms. The van der Waals surface area contributed by atoms with Gasteiger partial charge in [0.1, 0.15) is 0 Å². The van der Waals surface area contributed by atoms with E-state index in [9.17, 15) is 0 Å². The van der Waals surface area contributed by atoms with Crippen LogP contribution in [0.15, 0.2) is 30.7 Å². The Bertz CT molecular complexity index is 615. The summed E-state index contributed by atoms with van der Waals surface area (Å²) in [4.78, 5) is 7.15. The van der Waals surface area contributed by atoms with E-state index >= 15 is 0 Å². The normalized spacial score (nSPS) is 15.8. The van der Waals surface area contributed by atoms with E-state index < -0.39 is 0 Å². The number of rotatable bonds is 1. The number of fused-ring (bicyclic) bond motifs is 1. The fraction of sp³-hybridized carbons (Fsp3) is 0.143. The van der Waals surface area contributed by atoms with Crippen molar-refractivity contribution in [3.63, 3.8) is 0 Å². The highest BCUT2D eigenvalue weighted by Gasteiger charge is 2.16. The van der Waals surface area contributed by atoms with Crippen LogP contribution in [0.25, 0.3) is 11.6 Å². The zero-order chi connectivity index (χ0) is 11.7. The van der Waals surface area contributed by atoms with E-state index in [0.717, 1.165) is 24.1 Å². The molecule has 0 unspecified atom stereocenters. The van der Waals surface area contributed by atoms with E-state index in [4.69, 9.17) is 5.26 Å². The molecule has 1 aromatic heterocycles. The lowest BCUT2D eigenvalue weighted by molar-refractivity contribution is 1.08. The number of hydrogen-bond donors (Lipinski definition) is 1. The van der Waals surface area contributed by atoms with Crippen LogP contribution in [-0.4, -0.2) is 9.97 Å². The number of H-pyrrole nitrogens is 1. The van der Waals surface area contributed by atoms with Gasteiger partial charge in [-0.25, -0.2) is 4.98 Å². The lowest BCUT2D eigenvalue weighted by Gasteiger charge is -2.00. The maximum Gasteiger partial charge on any atom is 0.0991 e. The average Bonchev–Trinajstić information content (AvgIpc) is 2.99. The number of hydrogen-bond acceptors (Lipinski definition) is 2. The molecule has 3 rings (SSSR count). The Morgan fingerprint density at radius 3 is 3.06 bits per heavy atom. The topological polar surface area (TPSA) is 52.5 Å². The largest absolute Gasteiger partial charge is 0.351 e. The molecule has 1 aliphatic rings. The average molecular weight is 221 g/mol. The summed E-state index contributed by atoms with van der Waals surface area (Å²) in [5.41, 5.74) is 5.52. The second kappa shape index (κ2) is 3.91. The number of allylic oxidation sites excluding steroid dienone is 1. The van der Waals surface area contributed by atoms with Crippen molar-refractivity contribution in [2.45, 2.75) is 12.8 Å². The van der Waals surface area contributed by atoms with E-state index in [0.29, 0.717) is 0 Å². The fourth-order valence-corrected chi connectivity index (χ4v) is 2.27. The van der Waals surface area contributed by atoms with Crippen molar-refractivity contribution >= 4 is 11.6 Å². The van der Waals surface area contributed by atoms with Gasteiger partial charge in [-0.2, -0.15) is 5.26 Å². The van der Waals surface area contributed by atoms with Crippen LogP contribution in [0.1, 0.15) is 28.8 Å². The summed E-state index contributed by atoms with van der Waals surface area (Å²) in [6.07, 6.45) is 7.71. The van der Waals surface area contributed by atoms with Crippen molar-refractivity contribution in [3.05, 3.63) is 53.1 Å². The van der Waals surface area contributed by atoms with E-state index in [-0.39, 0.29) is 0 Å². The maximum atomic E-state index is 8.86. The zero-order valence-electron chi connectivity index (χ0n) is 9.27. The number of nitrogens with one attached hydrogen (secondary N) is 1. The third-order valence-corrected chi connectivity index (χ3v) is 3.09. The van der Waals surface area contributed by atoms with Gasteiger partial charge >= 0.3 is 0 Å². The maximum absolute atomic E-state index is 8.86. The quantitative estimate of drug-likeness (QED) is 0.805. The Kier molecular flexibility index (Phi) is 2.27. The third-order valence-electron chi connectivity index (χ3n) is 3.09. The van der Waals surface area contributed by atoms with Crippen LogP contribution in [0.3, 0.4) is 0 Å². The van der Waals surface area contributed by atoms with Gasteiger partial charge in [0.15, 0.2) is 0 Å². The second-order valence-corrected chi connectivity index (χ2v) is 4.15. The first-order valence-electron chi connectivity index (χ1n) is 5.59. The smallest absolute Gasteiger partial charge is 0.0991 e. The van der Waals surface area contributed by atoms with Gasteiger partial charge in [-0.3, -0.25) is 0 Å². The number of aromatic amines is 1. The van der Waals surface area contributed by atoms with Crippen LogP contribution in [0.5, 0.6) is 0 Å². The lowest BCUT2D eigenvalue weighted by Crippen LogP contribution is -1.83. The molecular weight excluding hydrogens is 210 g/mol. The van der Waals surface area contributed by atoms with Crippen molar-refractivity contribution in [2.75, 3.05) is 0 Å².